The number of ether oxygens (including phenoxy) is 1. The molecule has 1 N–H and O–H groups in total. The van der Waals surface area contributed by atoms with Crippen molar-refractivity contribution in [2.45, 2.75) is 20.3 Å². The number of carbonyl (C=O) groups is 2. The standard InChI is InChI=1S/C18H18N2O5/c1-12-7-8-13(2)15(9-12)19-17(21)11-25-18(22)10-14-5-3-4-6-16(14)20(23)24/h3-9H,10-11H2,1-2H3,(H,19,21). The molecule has 0 fully saturated rings. The first kappa shape index (κ1) is 18.1. The number of nitro benzene ring substituents is 1. The van der Waals surface area contributed by atoms with E-state index in [1.807, 2.05) is 32.0 Å². The largest absolute Gasteiger partial charge is 0.455 e. The normalized spacial score (nSPS) is 10.2. The van der Waals surface area contributed by atoms with Gasteiger partial charge in [0.2, 0.25) is 0 Å². The fourth-order valence-corrected chi connectivity index (χ4v) is 2.25. The molecular formula is C18H18N2O5. The first-order valence-corrected chi connectivity index (χ1v) is 7.62. The van der Waals surface area contributed by atoms with E-state index in [4.69, 9.17) is 4.74 Å². The second kappa shape index (κ2) is 8.05. The minimum absolute atomic E-state index is 0.153. The van der Waals surface area contributed by atoms with E-state index >= 15 is 0 Å². The van der Waals surface area contributed by atoms with E-state index in [0.717, 1.165) is 11.1 Å². The summed E-state index contributed by atoms with van der Waals surface area (Å²) in [7, 11) is 0. The summed E-state index contributed by atoms with van der Waals surface area (Å²) in [6, 6.07) is 11.5. The topological polar surface area (TPSA) is 98.5 Å². The zero-order chi connectivity index (χ0) is 18.4. The Kier molecular flexibility index (Phi) is 5.84. The number of carbonyl (C=O) groups excluding carboxylic acids is 2. The third-order valence-corrected chi connectivity index (χ3v) is 3.55. The quantitative estimate of drug-likeness (QED) is 0.494. The van der Waals surface area contributed by atoms with Crippen LogP contribution in [-0.2, 0) is 20.7 Å². The van der Waals surface area contributed by atoms with Crippen molar-refractivity contribution in [2.24, 2.45) is 0 Å². The number of aryl methyl sites for hydroxylation is 2. The molecule has 0 aromatic heterocycles. The Morgan fingerprint density at radius 2 is 1.88 bits per heavy atom. The fourth-order valence-electron chi connectivity index (χ4n) is 2.25. The van der Waals surface area contributed by atoms with E-state index in [1.165, 1.54) is 18.2 Å². The van der Waals surface area contributed by atoms with Crippen molar-refractivity contribution in [3.05, 3.63) is 69.3 Å². The summed E-state index contributed by atoms with van der Waals surface area (Å²) in [4.78, 5) is 34.1. The van der Waals surface area contributed by atoms with Gasteiger partial charge in [0.1, 0.15) is 0 Å². The predicted molar refractivity (Wildman–Crippen MR) is 92.3 cm³/mol. The second-order valence-corrected chi connectivity index (χ2v) is 5.59. The van der Waals surface area contributed by atoms with Gasteiger partial charge >= 0.3 is 5.97 Å². The van der Waals surface area contributed by atoms with E-state index in [9.17, 15) is 19.7 Å². The Hall–Kier alpha value is -3.22. The summed E-state index contributed by atoms with van der Waals surface area (Å²) in [5, 5.41) is 13.6. The van der Waals surface area contributed by atoms with E-state index in [2.05, 4.69) is 5.32 Å². The summed E-state index contributed by atoms with van der Waals surface area (Å²) in [5.74, 6) is -1.17. The monoisotopic (exact) mass is 342 g/mol. The lowest BCUT2D eigenvalue weighted by molar-refractivity contribution is -0.385. The summed E-state index contributed by atoms with van der Waals surface area (Å²) in [5.41, 5.74) is 2.63. The van der Waals surface area contributed by atoms with Crippen molar-refractivity contribution in [3.63, 3.8) is 0 Å². The molecule has 2 rings (SSSR count). The van der Waals surface area contributed by atoms with Crippen LogP contribution in [0.4, 0.5) is 11.4 Å². The fraction of sp³-hybridized carbons (Fsp3) is 0.222. The molecule has 1 amide bonds. The van der Waals surface area contributed by atoms with E-state index < -0.39 is 23.4 Å². The van der Waals surface area contributed by atoms with Crippen LogP contribution in [0.2, 0.25) is 0 Å². The Morgan fingerprint density at radius 3 is 2.60 bits per heavy atom. The van der Waals surface area contributed by atoms with Gasteiger partial charge in [0.05, 0.1) is 11.3 Å². The smallest absolute Gasteiger partial charge is 0.311 e. The van der Waals surface area contributed by atoms with Crippen LogP contribution in [0.5, 0.6) is 0 Å². The van der Waals surface area contributed by atoms with Crippen molar-refractivity contribution < 1.29 is 19.2 Å². The van der Waals surface area contributed by atoms with Gasteiger partial charge in [-0.05, 0) is 31.0 Å². The van der Waals surface area contributed by atoms with Crippen LogP contribution in [0, 0.1) is 24.0 Å². The highest BCUT2D eigenvalue weighted by Gasteiger charge is 2.17. The van der Waals surface area contributed by atoms with Gasteiger partial charge in [-0.15, -0.1) is 0 Å². The average molecular weight is 342 g/mol. The van der Waals surface area contributed by atoms with Gasteiger partial charge in [-0.1, -0.05) is 30.3 Å². The molecule has 2 aromatic carbocycles. The molecule has 0 radical (unpaired) electrons. The summed E-state index contributed by atoms with van der Waals surface area (Å²) >= 11 is 0. The third kappa shape index (κ3) is 5.13. The Labute approximate surface area is 144 Å². The van der Waals surface area contributed by atoms with Crippen molar-refractivity contribution in [3.8, 4) is 0 Å². The highest BCUT2D eigenvalue weighted by molar-refractivity contribution is 5.93. The number of rotatable bonds is 6. The molecule has 0 spiro atoms. The molecular weight excluding hydrogens is 324 g/mol. The molecule has 0 aliphatic heterocycles. The Morgan fingerprint density at radius 1 is 1.16 bits per heavy atom. The maximum absolute atomic E-state index is 11.9. The SMILES string of the molecule is Cc1ccc(C)c(NC(=O)COC(=O)Cc2ccccc2[N+](=O)[O-])c1. The number of nitrogens with zero attached hydrogens (tertiary/aromatic N) is 1. The van der Waals surface area contributed by atoms with Gasteiger partial charge in [0, 0.05) is 17.3 Å². The van der Waals surface area contributed by atoms with Crippen LogP contribution in [0.1, 0.15) is 16.7 Å². The van der Waals surface area contributed by atoms with Crippen LogP contribution in [-0.4, -0.2) is 23.4 Å². The molecule has 25 heavy (non-hydrogen) atoms. The summed E-state index contributed by atoms with van der Waals surface area (Å²) in [6.45, 7) is 3.31. The van der Waals surface area contributed by atoms with E-state index in [1.54, 1.807) is 6.07 Å². The molecule has 2 aromatic rings. The maximum Gasteiger partial charge on any atom is 0.311 e. The predicted octanol–water partition coefficient (Wildman–Crippen LogP) is 2.94. The number of hydrogen-bond acceptors (Lipinski definition) is 5. The van der Waals surface area contributed by atoms with Crippen molar-refractivity contribution in [2.75, 3.05) is 11.9 Å². The van der Waals surface area contributed by atoms with Crippen LogP contribution in [0.25, 0.3) is 0 Å². The molecule has 0 aliphatic carbocycles. The number of nitrogens with one attached hydrogen (secondary N) is 1. The number of para-hydroxylation sites is 1. The molecule has 7 nitrogen and oxygen atoms in total. The number of esters is 1. The molecule has 0 heterocycles. The van der Waals surface area contributed by atoms with Crippen LogP contribution >= 0.6 is 0 Å². The molecule has 0 atom stereocenters. The zero-order valence-corrected chi connectivity index (χ0v) is 13.9. The van der Waals surface area contributed by atoms with Gasteiger partial charge in [-0.3, -0.25) is 19.7 Å². The molecule has 0 unspecified atom stereocenters. The van der Waals surface area contributed by atoms with E-state index in [-0.39, 0.29) is 17.7 Å². The van der Waals surface area contributed by atoms with Crippen molar-refractivity contribution in [1.82, 2.24) is 0 Å². The van der Waals surface area contributed by atoms with Gasteiger partial charge in [0.25, 0.3) is 11.6 Å². The first-order chi connectivity index (χ1) is 11.9. The molecule has 0 saturated heterocycles. The van der Waals surface area contributed by atoms with Gasteiger partial charge in [0.15, 0.2) is 6.61 Å². The minimum atomic E-state index is -0.703. The number of amides is 1. The average Bonchev–Trinajstić information content (AvgIpc) is 2.56. The number of nitro groups is 1. The van der Waals surface area contributed by atoms with Crippen molar-refractivity contribution >= 4 is 23.3 Å². The molecule has 130 valence electrons. The molecule has 7 heteroatoms. The lowest BCUT2D eigenvalue weighted by Crippen LogP contribution is -2.22. The molecule has 0 saturated carbocycles. The zero-order valence-electron chi connectivity index (χ0n) is 13.9. The van der Waals surface area contributed by atoms with Crippen LogP contribution in [0.15, 0.2) is 42.5 Å². The third-order valence-electron chi connectivity index (χ3n) is 3.55. The van der Waals surface area contributed by atoms with Crippen molar-refractivity contribution in [1.29, 1.82) is 0 Å². The Balaban J connectivity index is 1.91. The van der Waals surface area contributed by atoms with Crippen LogP contribution in [0.3, 0.4) is 0 Å². The maximum atomic E-state index is 11.9. The van der Waals surface area contributed by atoms with E-state index in [0.29, 0.717) is 5.69 Å². The van der Waals surface area contributed by atoms with Gasteiger partial charge < -0.3 is 10.1 Å². The highest BCUT2D eigenvalue weighted by Crippen LogP contribution is 2.19. The second-order valence-electron chi connectivity index (χ2n) is 5.59. The minimum Gasteiger partial charge on any atom is -0.455 e. The molecule has 0 bridgehead atoms. The number of anilines is 1. The van der Waals surface area contributed by atoms with Gasteiger partial charge in [-0.25, -0.2) is 0 Å². The van der Waals surface area contributed by atoms with Crippen LogP contribution < -0.4 is 5.32 Å². The lowest BCUT2D eigenvalue weighted by Gasteiger charge is -2.10. The number of benzene rings is 2. The van der Waals surface area contributed by atoms with Gasteiger partial charge in [-0.2, -0.15) is 0 Å². The summed E-state index contributed by atoms with van der Waals surface area (Å²) in [6.07, 6.45) is -0.270. The Bertz CT molecular complexity index is 817. The first-order valence-electron chi connectivity index (χ1n) is 7.62. The molecule has 0 aliphatic rings. The lowest BCUT2D eigenvalue weighted by atomic mass is 10.1. The summed E-state index contributed by atoms with van der Waals surface area (Å²) < 4.78 is 4.91. The highest BCUT2D eigenvalue weighted by atomic mass is 16.6. The number of hydrogen-bond donors (Lipinski definition) is 1.